The van der Waals surface area contributed by atoms with Crippen molar-refractivity contribution in [1.29, 1.82) is 0 Å². The van der Waals surface area contributed by atoms with E-state index in [1.807, 2.05) is 54.7 Å². The lowest BCUT2D eigenvalue weighted by atomic mass is 10.1. The van der Waals surface area contributed by atoms with Crippen molar-refractivity contribution in [3.63, 3.8) is 0 Å². The van der Waals surface area contributed by atoms with Gasteiger partial charge in [0, 0.05) is 29.7 Å². The van der Waals surface area contributed by atoms with Crippen molar-refractivity contribution >= 4 is 11.6 Å². The fourth-order valence-corrected chi connectivity index (χ4v) is 2.78. The Labute approximate surface area is 160 Å². The number of carbonyl (C=O) groups excluding carboxylic acids is 1. The zero-order valence-corrected chi connectivity index (χ0v) is 14.9. The van der Waals surface area contributed by atoms with Crippen LogP contribution < -0.4 is 10.9 Å². The molecule has 2 heterocycles. The summed E-state index contributed by atoms with van der Waals surface area (Å²) < 4.78 is 2.89. The largest absolute Gasteiger partial charge is 0.324 e. The molecule has 7 heteroatoms. The predicted octanol–water partition coefficient (Wildman–Crippen LogP) is 2.73. The normalized spacial score (nSPS) is 10.6. The third-order valence-electron chi connectivity index (χ3n) is 4.15. The zero-order chi connectivity index (χ0) is 19.3. The Morgan fingerprint density at radius 1 is 0.929 bits per heavy atom. The van der Waals surface area contributed by atoms with Crippen LogP contribution in [0.15, 0.2) is 90.0 Å². The smallest absolute Gasteiger partial charge is 0.267 e. The first-order chi connectivity index (χ1) is 13.7. The standard InChI is InChI=1S/C21H17N5O2/c27-20(23-17-7-9-18(10-8-17)25-14-4-13-22-25)15-26-21(28)12-11-19(24-26)16-5-2-1-3-6-16/h1-14H,15H2,(H,23,27). The molecule has 0 saturated carbocycles. The minimum absolute atomic E-state index is 0.166. The van der Waals surface area contributed by atoms with Gasteiger partial charge >= 0.3 is 0 Å². The molecular weight excluding hydrogens is 354 g/mol. The predicted molar refractivity (Wildman–Crippen MR) is 106 cm³/mol. The van der Waals surface area contributed by atoms with E-state index >= 15 is 0 Å². The molecule has 0 spiro atoms. The Bertz CT molecular complexity index is 1130. The molecule has 4 rings (SSSR count). The quantitative estimate of drug-likeness (QED) is 0.585. The lowest BCUT2D eigenvalue weighted by molar-refractivity contribution is -0.117. The molecule has 0 aliphatic rings. The highest BCUT2D eigenvalue weighted by atomic mass is 16.2. The van der Waals surface area contributed by atoms with Crippen molar-refractivity contribution in [3.8, 4) is 16.9 Å². The number of anilines is 1. The number of hydrogen-bond donors (Lipinski definition) is 1. The van der Waals surface area contributed by atoms with Crippen LogP contribution in [0.1, 0.15) is 0 Å². The maximum Gasteiger partial charge on any atom is 0.267 e. The van der Waals surface area contributed by atoms with Crippen molar-refractivity contribution in [3.05, 3.63) is 95.5 Å². The van der Waals surface area contributed by atoms with Crippen molar-refractivity contribution in [2.45, 2.75) is 6.54 Å². The molecule has 0 unspecified atom stereocenters. The van der Waals surface area contributed by atoms with Crippen LogP contribution in [-0.2, 0) is 11.3 Å². The number of benzene rings is 2. The van der Waals surface area contributed by atoms with Crippen molar-refractivity contribution in [2.75, 3.05) is 5.32 Å². The summed E-state index contributed by atoms with van der Waals surface area (Å²) in [5.74, 6) is -0.327. The van der Waals surface area contributed by atoms with Gasteiger partial charge in [-0.2, -0.15) is 10.2 Å². The average Bonchev–Trinajstić information content (AvgIpc) is 3.26. The van der Waals surface area contributed by atoms with Gasteiger partial charge in [0.15, 0.2) is 0 Å². The summed E-state index contributed by atoms with van der Waals surface area (Å²) in [6.07, 6.45) is 3.54. The molecule has 1 N–H and O–H groups in total. The monoisotopic (exact) mass is 371 g/mol. The van der Waals surface area contributed by atoms with Crippen LogP contribution in [0.3, 0.4) is 0 Å². The van der Waals surface area contributed by atoms with E-state index in [4.69, 9.17) is 0 Å². The number of rotatable bonds is 5. The van der Waals surface area contributed by atoms with Crippen LogP contribution in [0.5, 0.6) is 0 Å². The van der Waals surface area contributed by atoms with E-state index in [2.05, 4.69) is 15.5 Å². The van der Waals surface area contributed by atoms with Gasteiger partial charge in [0.25, 0.3) is 5.56 Å². The third-order valence-corrected chi connectivity index (χ3v) is 4.15. The Morgan fingerprint density at radius 3 is 2.43 bits per heavy atom. The third kappa shape index (κ3) is 3.88. The molecule has 0 aliphatic carbocycles. The van der Waals surface area contributed by atoms with Gasteiger partial charge in [-0.15, -0.1) is 0 Å². The van der Waals surface area contributed by atoms with Crippen molar-refractivity contribution in [1.82, 2.24) is 19.6 Å². The lowest BCUT2D eigenvalue weighted by Gasteiger charge is -2.09. The van der Waals surface area contributed by atoms with E-state index in [1.165, 1.54) is 6.07 Å². The first kappa shape index (κ1) is 17.4. The topological polar surface area (TPSA) is 81.8 Å². The van der Waals surface area contributed by atoms with E-state index in [-0.39, 0.29) is 18.0 Å². The molecule has 7 nitrogen and oxygen atoms in total. The first-order valence-corrected chi connectivity index (χ1v) is 8.72. The van der Waals surface area contributed by atoms with E-state index in [9.17, 15) is 9.59 Å². The van der Waals surface area contributed by atoms with Crippen LogP contribution in [-0.4, -0.2) is 25.5 Å². The SMILES string of the molecule is O=C(Cn1nc(-c2ccccc2)ccc1=O)Nc1ccc(-n2cccn2)cc1. The summed E-state index contributed by atoms with van der Waals surface area (Å²) in [6, 6.07) is 21.7. The molecule has 0 aliphatic heterocycles. The van der Waals surface area contributed by atoms with Gasteiger partial charge < -0.3 is 5.32 Å². The molecule has 0 fully saturated rings. The Hall–Kier alpha value is -4.00. The second kappa shape index (κ2) is 7.71. The van der Waals surface area contributed by atoms with Gasteiger partial charge in [-0.3, -0.25) is 9.59 Å². The Morgan fingerprint density at radius 2 is 1.71 bits per heavy atom. The molecule has 0 bridgehead atoms. The summed E-state index contributed by atoms with van der Waals surface area (Å²) in [4.78, 5) is 24.4. The molecule has 0 radical (unpaired) electrons. The van der Waals surface area contributed by atoms with Crippen LogP contribution in [0, 0.1) is 0 Å². The summed E-state index contributed by atoms with van der Waals surface area (Å²) in [5.41, 5.74) is 2.70. The van der Waals surface area contributed by atoms with Crippen LogP contribution in [0.2, 0.25) is 0 Å². The molecule has 138 valence electrons. The summed E-state index contributed by atoms with van der Waals surface area (Å²) in [7, 11) is 0. The minimum Gasteiger partial charge on any atom is -0.324 e. The van der Waals surface area contributed by atoms with E-state index < -0.39 is 0 Å². The molecule has 2 aromatic heterocycles. The second-order valence-corrected chi connectivity index (χ2v) is 6.13. The number of amides is 1. The lowest BCUT2D eigenvalue weighted by Crippen LogP contribution is -2.29. The first-order valence-electron chi connectivity index (χ1n) is 8.72. The number of aromatic nitrogens is 4. The number of nitrogens with one attached hydrogen (secondary N) is 1. The van der Waals surface area contributed by atoms with Gasteiger partial charge in [0.05, 0.1) is 11.4 Å². The summed E-state index contributed by atoms with van der Waals surface area (Å²) >= 11 is 0. The van der Waals surface area contributed by atoms with Gasteiger partial charge in [-0.25, -0.2) is 9.36 Å². The molecular formula is C21H17N5O2. The number of hydrogen-bond acceptors (Lipinski definition) is 4. The Balaban J connectivity index is 1.47. The number of carbonyl (C=O) groups is 1. The fraction of sp³-hybridized carbons (Fsp3) is 0.0476. The van der Waals surface area contributed by atoms with Gasteiger partial charge in [-0.05, 0) is 36.4 Å². The molecule has 0 atom stereocenters. The maximum atomic E-state index is 12.4. The van der Waals surface area contributed by atoms with Crippen molar-refractivity contribution < 1.29 is 4.79 Å². The van der Waals surface area contributed by atoms with Crippen LogP contribution in [0.25, 0.3) is 16.9 Å². The molecule has 28 heavy (non-hydrogen) atoms. The van der Waals surface area contributed by atoms with Crippen LogP contribution >= 0.6 is 0 Å². The molecule has 1 amide bonds. The fourth-order valence-electron chi connectivity index (χ4n) is 2.78. The Kier molecular flexibility index (Phi) is 4.79. The van der Waals surface area contributed by atoms with Crippen molar-refractivity contribution in [2.24, 2.45) is 0 Å². The van der Waals surface area contributed by atoms with E-state index in [0.29, 0.717) is 11.4 Å². The van der Waals surface area contributed by atoms with Crippen LogP contribution in [0.4, 0.5) is 5.69 Å². The van der Waals surface area contributed by atoms with Gasteiger partial charge in [-0.1, -0.05) is 30.3 Å². The van der Waals surface area contributed by atoms with Gasteiger partial charge in [0.2, 0.25) is 5.91 Å². The average molecular weight is 371 g/mol. The van der Waals surface area contributed by atoms with Gasteiger partial charge in [0.1, 0.15) is 6.54 Å². The molecule has 4 aromatic rings. The van der Waals surface area contributed by atoms with E-state index in [1.54, 1.807) is 29.1 Å². The molecule has 0 saturated heterocycles. The number of nitrogens with zero attached hydrogens (tertiary/aromatic N) is 4. The minimum atomic E-state index is -0.330. The highest BCUT2D eigenvalue weighted by molar-refractivity contribution is 5.90. The zero-order valence-electron chi connectivity index (χ0n) is 14.9. The summed E-state index contributed by atoms with van der Waals surface area (Å²) in [5, 5.41) is 11.2. The second-order valence-electron chi connectivity index (χ2n) is 6.13. The highest BCUT2D eigenvalue weighted by Gasteiger charge is 2.09. The summed E-state index contributed by atoms with van der Waals surface area (Å²) in [6.45, 7) is -0.166. The van der Waals surface area contributed by atoms with E-state index in [0.717, 1.165) is 15.9 Å². The maximum absolute atomic E-state index is 12.4. The molecule has 2 aromatic carbocycles. The highest BCUT2D eigenvalue weighted by Crippen LogP contribution is 2.14.